The van der Waals surface area contributed by atoms with Crippen LogP contribution in [0.25, 0.3) is 10.9 Å². The number of ether oxygens (including phenoxy) is 1. The topological polar surface area (TPSA) is 52.1 Å². The van der Waals surface area contributed by atoms with Gasteiger partial charge in [-0.05, 0) is 31.1 Å². The van der Waals surface area contributed by atoms with Crippen molar-refractivity contribution in [3.05, 3.63) is 30.0 Å². The third-order valence-electron chi connectivity index (χ3n) is 3.03. The van der Waals surface area contributed by atoms with Crippen molar-refractivity contribution < 1.29 is 9.53 Å². The number of nitrogens with zero attached hydrogens (tertiary/aromatic N) is 2. The molecule has 0 aliphatic heterocycles. The van der Waals surface area contributed by atoms with Crippen LogP contribution in [0, 0.1) is 5.92 Å². The fraction of sp³-hybridized carbons (Fsp3) is 0.438. The molecule has 0 amide bonds. The molecular weight excluding hydrogens is 284 g/mol. The van der Waals surface area contributed by atoms with E-state index in [1.165, 1.54) is 0 Å². The van der Waals surface area contributed by atoms with E-state index in [0.717, 1.165) is 28.0 Å². The molecule has 1 aromatic carbocycles. The van der Waals surface area contributed by atoms with E-state index in [0.29, 0.717) is 18.2 Å². The first-order chi connectivity index (χ1) is 10.1. The van der Waals surface area contributed by atoms with Crippen molar-refractivity contribution in [2.24, 2.45) is 5.92 Å². The lowest BCUT2D eigenvalue weighted by Crippen LogP contribution is -2.10. The van der Waals surface area contributed by atoms with Crippen LogP contribution in [0.1, 0.15) is 37.7 Å². The summed E-state index contributed by atoms with van der Waals surface area (Å²) < 4.78 is 5.09. The highest BCUT2D eigenvalue weighted by atomic mass is 32.2. The summed E-state index contributed by atoms with van der Waals surface area (Å²) in [4.78, 5) is 12.9. The molecule has 2 rings (SSSR count). The average Bonchev–Trinajstić information content (AvgIpc) is 2.47. The van der Waals surface area contributed by atoms with Crippen LogP contribution < -0.4 is 0 Å². The Labute approximate surface area is 129 Å². The Morgan fingerprint density at radius 2 is 2.05 bits per heavy atom. The Morgan fingerprint density at radius 3 is 2.76 bits per heavy atom. The van der Waals surface area contributed by atoms with Gasteiger partial charge in [0.25, 0.3) is 0 Å². The van der Waals surface area contributed by atoms with Gasteiger partial charge in [-0.1, -0.05) is 32.0 Å². The monoisotopic (exact) mass is 304 g/mol. The van der Waals surface area contributed by atoms with Gasteiger partial charge in [-0.3, -0.25) is 0 Å². The fourth-order valence-electron chi connectivity index (χ4n) is 1.91. The average molecular weight is 304 g/mol. The molecule has 0 unspecified atom stereocenters. The quantitative estimate of drug-likeness (QED) is 0.597. The summed E-state index contributed by atoms with van der Waals surface area (Å²) in [7, 11) is 0. The van der Waals surface area contributed by atoms with E-state index in [4.69, 9.17) is 4.74 Å². The van der Waals surface area contributed by atoms with Crippen LogP contribution in [0.3, 0.4) is 0 Å². The maximum absolute atomic E-state index is 12.1. The number of aromatic nitrogens is 2. The van der Waals surface area contributed by atoms with Crippen LogP contribution in [0.15, 0.2) is 29.2 Å². The van der Waals surface area contributed by atoms with Crippen molar-refractivity contribution in [2.45, 2.75) is 32.1 Å². The van der Waals surface area contributed by atoms with Gasteiger partial charge in [0.2, 0.25) is 0 Å². The first-order valence-corrected chi connectivity index (χ1v) is 8.17. The normalized spacial score (nSPS) is 11.0. The zero-order chi connectivity index (χ0) is 15.2. The van der Waals surface area contributed by atoms with Gasteiger partial charge in [0.15, 0.2) is 5.69 Å². The van der Waals surface area contributed by atoms with Crippen LogP contribution in [-0.4, -0.2) is 28.5 Å². The summed E-state index contributed by atoms with van der Waals surface area (Å²) in [6.45, 7) is 6.51. The lowest BCUT2D eigenvalue weighted by Gasteiger charge is -2.11. The Balaban J connectivity index is 2.39. The summed E-state index contributed by atoms with van der Waals surface area (Å²) in [5.41, 5.74) is 1.13. The number of rotatable bonds is 6. The lowest BCUT2D eigenvalue weighted by molar-refractivity contribution is 0.0514. The number of benzene rings is 1. The Kier molecular flexibility index (Phi) is 5.56. The molecule has 0 bridgehead atoms. The van der Waals surface area contributed by atoms with Gasteiger partial charge >= 0.3 is 5.97 Å². The molecule has 0 spiro atoms. The number of fused-ring (bicyclic) bond motifs is 1. The highest BCUT2D eigenvalue weighted by molar-refractivity contribution is 7.99. The molecule has 112 valence electrons. The van der Waals surface area contributed by atoms with Crippen molar-refractivity contribution in [3.63, 3.8) is 0 Å². The summed E-state index contributed by atoms with van der Waals surface area (Å²) in [6, 6.07) is 7.75. The Morgan fingerprint density at radius 1 is 1.29 bits per heavy atom. The van der Waals surface area contributed by atoms with Crippen molar-refractivity contribution >= 4 is 28.6 Å². The van der Waals surface area contributed by atoms with Crippen LogP contribution >= 0.6 is 11.8 Å². The molecule has 0 saturated carbocycles. The van der Waals surface area contributed by atoms with Gasteiger partial charge in [-0.2, -0.15) is 0 Å². The number of thioether (sulfide) groups is 1. The first kappa shape index (κ1) is 15.8. The molecule has 0 fully saturated rings. The maximum atomic E-state index is 12.1. The molecule has 1 aromatic heterocycles. The predicted molar refractivity (Wildman–Crippen MR) is 85.7 cm³/mol. The minimum atomic E-state index is -0.400. The van der Waals surface area contributed by atoms with Gasteiger partial charge < -0.3 is 4.74 Å². The van der Waals surface area contributed by atoms with E-state index in [-0.39, 0.29) is 0 Å². The van der Waals surface area contributed by atoms with Crippen molar-refractivity contribution in [1.29, 1.82) is 0 Å². The molecule has 0 atom stereocenters. The summed E-state index contributed by atoms with van der Waals surface area (Å²) in [5, 5.41) is 9.16. The predicted octanol–water partition coefficient (Wildman–Crippen LogP) is 3.94. The molecule has 2 aromatic rings. The van der Waals surface area contributed by atoms with Crippen molar-refractivity contribution in [1.82, 2.24) is 10.2 Å². The minimum absolute atomic E-state index is 0.323. The van der Waals surface area contributed by atoms with E-state index in [1.807, 2.05) is 24.3 Å². The first-order valence-electron chi connectivity index (χ1n) is 7.18. The van der Waals surface area contributed by atoms with E-state index < -0.39 is 5.97 Å². The van der Waals surface area contributed by atoms with Crippen LogP contribution in [-0.2, 0) is 4.74 Å². The number of hydrogen-bond acceptors (Lipinski definition) is 5. The summed E-state index contributed by atoms with van der Waals surface area (Å²) in [5.74, 6) is 1.17. The highest BCUT2D eigenvalue weighted by Crippen LogP contribution is 2.30. The van der Waals surface area contributed by atoms with E-state index in [1.54, 1.807) is 18.7 Å². The number of carbonyl (C=O) groups excluding carboxylic acids is 1. The smallest absolute Gasteiger partial charge is 0.360 e. The van der Waals surface area contributed by atoms with Gasteiger partial charge in [0.05, 0.1) is 17.0 Å². The van der Waals surface area contributed by atoms with Gasteiger partial charge in [-0.15, -0.1) is 22.0 Å². The number of hydrogen-bond donors (Lipinski definition) is 0. The molecule has 0 saturated heterocycles. The number of carbonyl (C=O) groups is 1. The molecule has 21 heavy (non-hydrogen) atoms. The molecule has 0 aliphatic rings. The largest absolute Gasteiger partial charge is 0.461 e. The zero-order valence-electron chi connectivity index (χ0n) is 12.6. The second-order valence-electron chi connectivity index (χ2n) is 5.15. The summed E-state index contributed by atoms with van der Waals surface area (Å²) in [6.07, 6.45) is 1.09. The van der Waals surface area contributed by atoms with E-state index in [9.17, 15) is 4.79 Å². The third kappa shape index (κ3) is 3.94. The zero-order valence-corrected chi connectivity index (χ0v) is 13.4. The summed E-state index contributed by atoms with van der Waals surface area (Å²) >= 11 is 1.66. The molecule has 5 heteroatoms. The standard InChI is InChI=1S/C16H20N2O2S/c1-4-20-16(19)14-15(21-10-9-11(2)3)12-7-5-6-8-13(12)17-18-14/h5-8,11H,4,9-10H2,1-3H3. The second kappa shape index (κ2) is 7.41. The molecular formula is C16H20N2O2S. The van der Waals surface area contributed by atoms with Crippen molar-refractivity contribution in [2.75, 3.05) is 12.4 Å². The molecule has 0 aliphatic carbocycles. The molecule has 0 radical (unpaired) electrons. The Bertz CT molecular complexity index is 629. The van der Waals surface area contributed by atoms with Gasteiger partial charge in [0.1, 0.15) is 0 Å². The SMILES string of the molecule is CCOC(=O)c1nnc2ccccc2c1SCCC(C)C. The molecule has 1 heterocycles. The second-order valence-corrected chi connectivity index (χ2v) is 6.25. The van der Waals surface area contributed by atoms with Gasteiger partial charge in [-0.25, -0.2) is 4.79 Å². The van der Waals surface area contributed by atoms with E-state index in [2.05, 4.69) is 24.0 Å². The minimum Gasteiger partial charge on any atom is -0.461 e. The molecule has 0 N–H and O–H groups in total. The van der Waals surface area contributed by atoms with Crippen molar-refractivity contribution in [3.8, 4) is 0 Å². The van der Waals surface area contributed by atoms with Crippen LogP contribution in [0.5, 0.6) is 0 Å². The van der Waals surface area contributed by atoms with Crippen LogP contribution in [0.2, 0.25) is 0 Å². The fourth-order valence-corrected chi connectivity index (χ4v) is 3.29. The highest BCUT2D eigenvalue weighted by Gasteiger charge is 2.18. The number of esters is 1. The van der Waals surface area contributed by atoms with E-state index >= 15 is 0 Å². The Hall–Kier alpha value is -1.62. The lowest BCUT2D eigenvalue weighted by atomic mass is 10.2. The third-order valence-corrected chi connectivity index (χ3v) is 4.17. The molecule has 4 nitrogen and oxygen atoms in total. The maximum Gasteiger partial charge on any atom is 0.360 e. The van der Waals surface area contributed by atoms with Crippen LogP contribution in [0.4, 0.5) is 0 Å². The van der Waals surface area contributed by atoms with Gasteiger partial charge in [0, 0.05) is 5.39 Å².